The van der Waals surface area contributed by atoms with E-state index in [0.29, 0.717) is 12.8 Å². The van der Waals surface area contributed by atoms with Crippen molar-refractivity contribution < 1.29 is 82.8 Å². The van der Waals surface area contributed by atoms with E-state index in [9.17, 15) is 77.6 Å². The molecule has 10 amide bonds. The normalized spacial score (nSPS) is 15.5. The average Bonchev–Trinajstić information content (AvgIpc) is 3.33. The number of primary amides is 1. The number of hydrogen-bond donors (Lipinski definition) is 16. The van der Waals surface area contributed by atoms with Crippen molar-refractivity contribution in [3.63, 3.8) is 0 Å². The van der Waals surface area contributed by atoms with Crippen LogP contribution < -0.4 is 65.1 Å². The lowest BCUT2D eigenvalue weighted by molar-refractivity contribution is -0.147. The van der Waals surface area contributed by atoms with E-state index in [1.165, 1.54) is 6.92 Å². The van der Waals surface area contributed by atoms with Crippen LogP contribution in [0.1, 0.15) is 140 Å². The fraction of sp³-hybridized carbons (Fsp3) is 0.745. The third kappa shape index (κ3) is 28.7. The largest absolute Gasteiger partial charge is 0.481 e. The molecule has 19 N–H and O–H groups in total. The Balaban J connectivity index is 6.77. The number of carboxylic acids is 3. The van der Waals surface area contributed by atoms with Crippen LogP contribution in [0, 0.1) is 29.6 Å². The number of aliphatic hydroxyl groups is 1. The standard InChI is InChI=1S/C51H90N12O17/c1-11-28(10)41(50(78)61-36(51(79)80)22-40(68)69)63-48(76)34(20-38(54)65)59-45(73)33(19-27(8)9)57-47(75)35(21-39(66)67)60-43(71)30(14-12-13-15-52)55-44(72)32(18-26(6)7)58-49(77)37(23-64)62-46(74)31(17-25(4)5)56-42(70)29(53)16-24(2)3/h24-37,41,64H,11-23,52-53H2,1-10H3,(H2,54,65)(H,55,72)(H,56,70)(H,57,75)(H,58,77)(H,59,73)(H,60,71)(H,61,78)(H,62,74)(H,63,76)(H,66,67)(H,68,69)(H,79,80)/t28-,29-,30-,31-,32-,33-,34-,35-,36-,37-,41-/m0/s1. The third-order valence-electron chi connectivity index (χ3n) is 12.3. The predicted octanol–water partition coefficient (Wildman–Crippen LogP) is -3.06. The van der Waals surface area contributed by atoms with Gasteiger partial charge in [-0.05, 0) is 81.1 Å². The lowest BCUT2D eigenvalue weighted by atomic mass is 9.97. The summed E-state index contributed by atoms with van der Waals surface area (Å²) in [6.07, 6.45) is -2.04. The topological polar surface area (TPSA) is 489 Å². The number of aliphatic carboxylic acids is 3. The number of carbonyl (C=O) groups excluding carboxylic acids is 10. The van der Waals surface area contributed by atoms with Gasteiger partial charge in [-0.25, -0.2) is 4.79 Å². The molecule has 29 heteroatoms. The molecule has 0 unspecified atom stereocenters. The molecule has 0 aliphatic heterocycles. The summed E-state index contributed by atoms with van der Waals surface area (Å²) < 4.78 is 0. The number of amides is 10. The Morgan fingerprint density at radius 1 is 0.412 bits per heavy atom. The minimum atomic E-state index is -1.93. The van der Waals surface area contributed by atoms with Crippen LogP contribution in [0.25, 0.3) is 0 Å². The molecule has 0 aromatic heterocycles. The number of rotatable bonds is 40. The van der Waals surface area contributed by atoms with E-state index in [1.807, 2.05) is 13.8 Å². The molecule has 456 valence electrons. The Kier molecular flexibility index (Phi) is 33.8. The van der Waals surface area contributed by atoms with Crippen LogP contribution in [0.5, 0.6) is 0 Å². The number of aliphatic hydroxyl groups excluding tert-OH is 1. The summed E-state index contributed by atoms with van der Waals surface area (Å²) in [4.78, 5) is 171. The number of unbranched alkanes of at least 4 members (excludes halogenated alkanes) is 1. The highest BCUT2D eigenvalue weighted by Gasteiger charge is 2.38. The van der Waals surface area contributed by atoms with E-state index in [1.54, 1.807) is 48.5 Å². The molecule has 0 aliphatic rings. The number of nitrogens with two attached hydrogens (primary N) is 3. The molecule has 29 nitrogen and oxygen atoms in total. The first-order valence-electron chi connectivity index (χ1n) is 26.9. The minimum Gasteiger partial charge on any atom is -0.481 e. The SMILES string of the molecule is CC[C@H](C)[C@H](NC(=O)[C@H](CC(N)=O)NC(=O)[C@H](CC(C)C)NC(=O)[C@H](CC(=O)O)NC(=O)[C@H](CCCCN)NC(=O)[C@H](CC(C)C)NC(=O)[C@H](CO)NC(=O)[C@H](CC(C)C)NC(=O)[C@@H](N)CC(C)C)C(=O)N[C@@H](CC(=O)O)C(=O)O. The van der Waals surface area contributed by atoms with Gasteiger partial charge >= 0.3 is 17.9 Å². The zero-order chi connectivity index (χ0) is 61.7. The van der Waals surface area contributed by atoms with Crippen molar-refractivity contribution in [1.29, 1.82) is 0 Å². The van der Waals surface area contributed by atoms with Crippen molar-refractivity contribution >= 4 is 77.0 Å². The molecule has 0 bridgehead atoms. The van der Waals surface area contributed by atoms with Gasteiger partial charge in [-0.2, -0.15) is 0 Å². The molecule has 0 aromatic rings. The number of carboxylic acid groups (broad SMARTS) is 3. The van der Waals surface area contributed by atoms with Gasteiger partial charge in [0.1, 0.15) is 54.4 Å². The number of carbonyl (C=O) groups is 13. The highest BCUT2D eigenvalue weighted by molar-refractivity contribution is 6.00. The van der Waals surface area contributed by atoms with Crippen molar-refractivity contribution in [3.8, 4) is 0 Å². The van der Waals surface area contributed by atoms with E-state index in [2.05, 4.69) is 47.9 Å². The maximum absolute atomic E-state index is 14.1. The summed E-state index contributed by atoms with van der Waals surface area (Å²) in [7, 11) is 0. The van der Waals surface area contributed by atoms with Gasteiger partial charge in [0.25, 0.3) is 0 Å². The van der Waals surface area contributed by atoms with Gasteiger partial charge in [0.2, 0.25) is 59.1 Å². The molecule has 80 heavy (non-hydrogen) atoms. The Bertz CT molecular complexity index is 2130. The summed E-state index contributed by atoms with van der Waals surface area (Å²) in [5.74, 6) is -16.4. The minimum absolute atomic E-state index is 0.0402. The Labute approximate surface area is 466 Å². The summed E-state index contributed by atoms with van der Waals surface area (Å²) >= 11 is 0. The first-order valence-corrected chi connectivity index (χ1v) is 26.9. The molecule has 0 saturated heterocycles. The molecule has 0 rings (SSSR count). The molecule has 0 heterocycles. The van der Waals surface area contributed by atoms with Crippen LogP contribution in [0.15, 0.2) is 0 Å². The molecule has 0 aliphatic carbocycles. The van der Waals surface area contributed by atoms with E-state index >= 15 is 0 Å². The van der Waals surface area contributed by atoms with Crippen molar-refractivity contribution in [2.24, 2.45) is 46.8 Å². The maximum Gasteiger partial charge on any atom is 0.326 e. The summed E-state index contributed by atoms with van der Waals surface area (Å²) in [5.41, 5.74) is 17.2. The van der Waals surface area contributed by atoms with Gasteiger partial charge in [-0.15, -0.1) is 0 Å². The molecule has 0 saturated carbocycles. The van der Waals surface area contributed by atoms with Gasteiger partial charge in [0.05, 0.1) is 31.9 Å². The zero-order valence-electron chi connectivity index (χ0n) is 47.7. The van der Waals surface area contributed by atoms with Crippen LogP contribution in [0.3, 0.4) is 0 Å². The molecular weight excluding hydrogens is 1050 g/mol. The van der Waals surface area contributed by atoms with Gasteiger partial charge in [-0.3, -0.25) is 57.5 Å². The Morgan fingerprint density at radius 3 is 1.14 bits per heavy atom. The fourth-order valence-electron chi connectivity index (χ4n) is 7.98. The van der Waals surface area contributed by atoms with Crippen molar-refractivity contribution in [2.75, 3.05) is 13.2 Å². The van der Waals surface area contributed by atoms with Crippen molar-refractivity contribution in [2.45, 2.75) is 200 Å². The van der Waals surface area contributed by atoms with Gasteiger partial charge in [0, 0.05) is 0 Å². The average molecular weight is 1140 g/mol. The van der Waals surface area contributed by atoms with Crippen LogP contribution in [0.4, 0.5) is 0 Å². The number of nitrogens with one attached hydrogen (secondary N) is 9. The highest BCUT2D eigenvalue weighted by atomic mass is 16.4. The Morgan fingerprint density at radius 2 is 0.750 bits per heavy atom. The van der Waals surface area contributed by atoms with Gasteiger partial charge in [0.15, 0.2) is 0 Å². The van der Waals surface area contributed by atoms with Crippen molar-refractivity contribution in [3.05, 3.63) is 0 Å². The zero-order valence-corrected chi connectivity index (χ0v) is 47.7. The maximum atomic E-state index is 14.1. The smallest absolute Gasteiger partial charge is 0.326 e. The Hall–Kier alpha value is -7.01. The predicted molar refractivity (Wildman–Crippen MR) is 289 cm³/mol. The summed E-state index contributed by atoms with van der Waals surface area (Å²) in [5, 5.41) is 60.3. The molecule has 0 spiro atoms. The number of hydrogen-bond acceptors (Lipinski definition) is 16. The molecule has 11 atom stereocenters. The second kappa shape index (κ2) is 37.0. The molecule has 0 aromatic carbocycles. The van der Waals surface area contributed by atoms with Crippen LogP contribution in [-0.4, -0.2) is 171 Å². The van der Waals surface area contributed by atoms with Gasteiger partial charge in [-0.1, -0.05) is 75.7 Å². The van der Waals surface area contributed by atoms with E-state index < -0.39 is 175 Å². The summed E-state index contributed by atoms with van der Waals surface area (Å²) in [6, 6.07) is -15.4. The lowest BCUT2D eigenvalue weighted by Gasteiger charge is -2.29. The monoisotopic (exact) mass is 1140 g/mol. The molecule has 0 radical (unpaired) electrons. The lowest BCUT2D eigenvalue weighted by Crippen LogP contribution is -2.61. The quantitative estimate of drug-likeness (QED) is 0.0271. The highest BCUT2D eigenvalue weighted by Crippen LogP contribution is 2.14. The molecule has 0 fully saturated rings. The van der Waals surface area contributed by atoms with E-state index in [0.717, 1.165) is 0 Å². The van der Waals surface area contributed by atoms with E-state index in [4.69, 9.17) is 22.3 Å². The first-order chi connectivity index (χ1) is 37.2. The third-order valence-corrected chi connectivity index (χ3v) is 12.3. The molecular formula is C51H90N12O17. The van der Waals surface area contributed by atoms with Crippen LogP contribution in [-0.2, 0) is 62.3 Å². The summed E-state index contributed by atoms with van der Waals surface area (Å²) in [6.45, 7) is 16.4. The second-order valence-corrected chi connectivity index (χ2v) is 21.7. The van der Waals surface area contributed by atoms with Crippen LogP contribution in [0.2, 0.25) is 0 Å². The second-order valence-electron chi connectivity index (χ2n) is 21.7. The fourth-order valence-corrected chi connectivity index (χ4v) is 7.98. The van der Waals surface area contributed by atoms with Gasteiger partial charge < -0.3 is 85.5 Å². The first kappa shape index (κ1) is 73.0. The van der Waals surface area contributed by atoms with Crippen molar-refractivity contribution in [1.82, 2.24) is 47.9 Å². The van der Waals surface area contributed by atoms with E-state index in [-0.39, 0.29) is 62.8 Å². The van der Waals surface area contributed by atoms with Crippen LogP contribution >= 0.6 is 0 Å².